The van der Waals surface area contributed by atoms with Crippen molar-refractivity contribution in [1.29, 1.82) is 0 Å². The number of carboxylic acid groups (broad SMARTS) is 1. The summed E-state index contributed by atoms with van der Waals surface area (Å²) < 4.78 is 56.9. The number of aliphatic carboxylic acids is 1. The third-order valence-corrected chi connectivity index (χ3v) is 8.34. The molecule has 1 aromatic rings. The van der Waals surface area contributed by atoms with Crippen molar-refractivity contribution in [2.75, 3.05) is 17.8 Å². The maximum Gasteiger partial charge on any atom is 0.303 e. The second kappa shape index (κ2) is 12.3. The summed E-state index contributed by atoms with van der Waals surface area (Å²) in [6.45, 7) is 8.60. The molecule has 2 N–H and O–H groups in total. The number of rotatable bonds is 10. The van der Waals surface area contributed by atoms with Gasteiger partial charge in [0.2, 0.25) is 0 Å². The van der Waals surface area contributed by atoms with E-state index in [1.54, 1.807) is 12.2 Å². The van der Waals surface area contributed by atoms with Gasteiger partial charge in [-0.25, -0.2) is 13.4 Å². The average molecular weight is 566 g/mol. The second-order valence-corrected chi connectivity index (χ2v) is 12.2. The monoisotopic (exact) mass is 565 g/mol. The molecule has 1 fully saturated rings. The van der Waals surface area contributed by atoms with Crippen LogP contribution < -0.4 is 4.72 Å². The van der Waals surface area contributed by atoms with Crippen LogP contribution in [0.5, 0.6) is 0 Å². The van der Waals surface area contributed by atoms with E-state index in [1.165, 1.54) is 34.4 Å². The van der Waals surface area contributed by atoms with Crippen LogP contribution in [0.15, 0.2) is 65.3 Å². The molecule has 2 aliphatic rings. The molecule has 11 heteroatoms. The number of carboxylic acids is 1. The number of anilines is 1. The molecular weight excluding hydrogens is 531 g/mol. The van der Waals surface area contributed by atoms with Crippen molar-refractivity contribution >= 4 is 36.6 Å². The number of halogens is 2. The van der Waals surface area contributed by atoms with Gasteiger partial charge in [-0.1, -0.05) is 34.0 Å². The van der Waals surface area contributed by atoms with Crippen LogP contribution in [0.2, 0.25) is 0 Å². The molecule has 0 spiro atoms. The van der Waals surface area contributed by atoms with Gasteiger partial charge in [-0.3, -0.25) is 9.52 Å². The zero-order valence-electron chi connectivity index (χ0n) is 21.6. The predicted molar refractivity (Wildman–Crippen MR) is 150 cm³/mol. The fourth-order valence-electron chi connectivity index (χ4n) is 4.52. The van der Waals surface area contributed by atoms with Crippen LogP contribution >= 0.6 is 9.24 Å². The van der Waals surface area contributed by atoms with E-state index in [0.717, 1.165) is 31.4 Å². The number of hydrogen-bond donors (Lipinski definition) is 2. The van der Waals surface area contributed by atoms with E-state index >= 15 is 0 Å². The number of pyridine rings is 1. The Balaban J connectivity index is 1.75. The predicted octanol–water partition coefficient (Wildman–Crippen LogP) is 6.03. The summed E-state index contributed by atoms with van der Waals surface area (Å²) in [6, 6.07) is 2.42. The van der Waals surface area contributed by atoms with Gasteiger partial charge in [0.25, 0.3) is 15.7 Å². The van der Waals surface area contributed by atoms with Crippen molar-refractivity contribution < 1.29 is 27.1 Å². The lowest BCUT2D eigenvalue weighted by molar-refractivity contribution is -0.138. The Morgan fingerprint density at radius 1 is 1.34 bits per heavy atom. The molecule has 0 radical (unpaired) electrons. The second-order valence-electron chi connectivity index (χ2n) is 9.58. The topological polar surface area (TPSA) is 99.6 Å². The lowest BCUT2D eigenvalue weighted by Gasteiger charge is -2.34. The smallest absolute Gasteiger partial charge is 0.303 e. The van der Waals surface area contributed by atoms with E-state index in [0.29, 0.717) is 24.2 Å². The molecule has 0 amide bonds. The number of alkyl halides is 2. The Hall–Kier alpha value is -2.84. The number of sulfonamides is 1. The number of likely N-dealkylation sites (tertiary alicyclic amines) is 1. The molecule has 2 heterocycles. The summed E-state index contributed by atoms with van der Waals surface area (Å²) in [7, 11) is -2.50. The van der Waals surface area contributed by atoms with Crippen LogP contribution in [0, 0.1) is 5.92 Å². The molecular formula is C27H34F2N3O4PS. The molecule has 38 heavy (non-hydrogen) atoms. The molecule has 3 rings (SSSR count). The molecule has 2 atom stereocenters. The van der Waals surface area contributed by atoms with Gasteiger partial charge in [0.15, 0.2) is 0 Å². The van der Waals surface area contributed by atoms with Crippen LogP contribution in [0.4, 0.5) is 14.6 Å². The maximum absolute atomic E-state index is 14.3. The quantitative estimate of drug-likeness (QED) is 0.265. The Labute approximate surface area is 225 Å². The molecule has 206 valence electrons. The fourth-order valence-corrected chi connectivity index (χ4v) is 5.56. The van der Waals surface area contributed by atoms with Gasteiger partial charge in [-0.2, -0.15) is 8.78 Å². The number of allylic oxidation sites excluding steroid dienone is 8. The molecule has 1 aliphatic heterocycles. The maximum atomic E-state index is 14.3. The summed E-state index contributed by atoms with van der Waals surface area (Å²) in [5.74, 6) is -0.835. The van der Waals surface area contributed by atoms with Crippen molar-refractivity contribution in [2.45, 2.75) is 51.6 Å². The van der Waals surface area contributed by atoms with Crippen LogP contribution in [0.25, 0.3) is 5.57 Å². The molecule has 0 saturated carbocycles. The zero-order chi connectivity index (χ0) is 28.1. The summed E-state index contributed by atoms with van der Waals surface area (Å²) >= 11 is 0. The largest absolute Gasteiger partial charge is 0.481 e. The molecule has 7 nitrogen and oxygen atoms in total. The van der Waals surface area contributed by atoms with Crippen LogP contribution in [-0.2, 0) is 20.5 Å². The Bertz CT molecular complexity index is 1310. The highest BCUT2D eigenvalue weighted by Gasteiger charge is 2.31. The Kier molecular flexibility index (Phi) is 9.65. The summed E-state index contributed by atoms with van der Waals surface area (Å²) in [5, 5.41) is 9.05. The minimum Gasteiger partial charge on any atom is -0.481 e. The molecule has 2 unspecified atom stereocenters. The fraction of sp³-hybridized carbons (Fsp3) is 0.407. The van der Waals surface area contributed by atoms with Gasteiger partial charge >= 0.3 is 5.97 Å². The van der Waals surface area contributed by atoms with E-state index in [9.17, 15) is 22.0 Å². The van der Waals surface area contributed by atoms with E-state index in [1.807, 2.05) is 24.0 Å². The minimum absolute atomic E-state index is 0.000657. The summed E-state index contributed by atoms with van der Waals surface area (Å²) in [5.41, 5.74) is -1.46. The molecule has 1 aliphatic carbocycles. The third kappa shape index (κ3) is 7.84. The van der Waals surface area contributed by atoms with Crippen molar-refractivity contribution in [3.63, 3.8) is 0 Å². The first kappa shape index (κ1) is 29.7. The van der Waals surface area contributed by atoms with E-state index in [-0.39, 0.29) is 34.3 Å². The van der Waals surface area contributed by atoms with Crippen molar-refractivity contribution in [3.05, 3.63) is 76.5 Å². The van der Waals surface area contributed by atoms with Crippen molar-refractivity contribution in [3.8, 4) is 0 Å². The first-order chi connectivity index (χ1) is 17.8. The average Bonchev–Trinajstić information content (AvgIpc) is 2.83. The van der Waals surface area contributed by atoms with Gasteiger partial charge < -0.3 is 10.0 Å². The molecule has 0 aromatic carbocycles. The van der Waals surface area contributed by atoms with E-state index < -0.39 is 21.7 Å². The summed E-state index contributed by atoms with van der Waals surface area (Å²) in [4.78, 5) is 17.3. The number of nitrogens with zero attached hydrogens (tertiary/aromatic N) is 2. The van der Waals surface area contributed by atoms with Gasteiger partial charge in [-0.15, -0.1) is 0 Å². The molecule has 1 aromatic heterocycles. The minimum atomic E-state index is -4.01. The van der Waals surface area contributed by atoms with Crippen LogP contribution in [0.3, 0.4) is 0 Å². The molecule has 1 saturated heterocycles. The third-order valence-electron chi connectivity index (χ3n) is 6.57. The number of hydrogen-bond acceptors (Lipinski definition) is 5. The SMILES string of the molecule is C=C(/C=C\C=C(/C)S(=O)(=O)Nc1ccc(C(F)(F)P)c(C2=CCCC=C2C)n1)N1CCCC(CC(=O)O)C1. The first-order valence-corrected chi connectivity index (χ1v) is 14.4. The van der Waals surface area contributed by atoms with Crippen molar-refractivity contribution in [2.24, 2.45) is 5.92 Å². The lowest BCUT2D eigenvalue weighted by atomic mass is 9.93. The number of nitrogens with one attached hydrogen (secondary N) is 1. The normalized spacial score (nSPS) is 19.2. The Morgan fingerprint density at radius 2 is 2.05 bits per heavy atom. The Morgan fingerprint density at radius 3 is 2.71 bits per heavy atom. The van der Waals surface area contributed by atoms with Gasteiger partial charge in [0.1, 0.15) is 5.82 Å². The highest BCUT2D eigenvalue weighted by molar-refractivity contribution is 7.96. The number of carbonyl (C=O) groups is 1. The van der Waals surface area contributed by atoms with Gasteiger partial charge in [-0.05, 0) is 80.9 Å². The summed E-state index contributed by atoms with van der Waals surface area (Å²) in [6.07, 6.45) is 11.7. The van der Waals surface area contributed by atoms with Crippen LogP contribution in [0.1, 0.15) is 57.2 Å². The standard InChI is InChI=1S/C27H34F2N3O4PS/c1-18-8-4-5-12-22(18)26-23(27(28,29)37)13-14-24(30-26)31-38(35,36)20(3)10-6-9-19(2)32-15-7-11-21(17-32)16-25(33)34/h6,8-10,12-14,21H,2,4-5,7,11,15-17,37H2,1,3H3,(H,30,31)(H,33,34)/b9-6-,20-10+. The van der Waals surface area contributed by atoms with E-state index in [2.05, 4.69) is 16.3 Å². The van der Waals surface area contributed by atoms with Crippen LogP contribution in [-0.4, -0.2) is 42.5 Å². The zero-order valence-corrected chi connectivity index (χ0v) is 23.6. The highest BCUT2D eigenvalue weighted by atomic mass is 32.2. The number of aromatic nitrogens is 1. The van der Waals surface area contributed by atoms with Gasteiger partial charge in [0.05, 0.1) is 16.2 Å². The first-order valence-electron chi connectivity index (χ1n) is 12.4. The number of piperidine rings is 1. The lowest BCUT2D eigenvalue weighted by Crippen LogP contribution is -2.34. The highest BCUT2D eigenvalue weighted by Crippen LogP contribution is 2.41. The van der Waals surface area contributed by atoms with Crippen molar-refractivity contribution in [1.82, 2.24) is 9.88 Å². The molecule has 0 bridgehead atoms. The van der Waals surface area contributed by atoms with Gasteiger partial charge in [0, 0.05) is 25.2 Å². The van der Waals surface area contributed by atoms with E-state index in [4.69, 9.17) is 5.11 Å².